The molecule has 1 atom stereocenters. The summed E-state index contributed by atoms with van der Waals surface area (Å²) >= 11 is 0. The Morgan fingerprint density at radius 3 is 2.67 bits per heavy atom. The summed E-state index contributed by atoms with van der Waals surface area (Å²) in [5, 5.41) is 11.7. The molecule has 0 saturated heterocycles. The van der Waals surface area contributed by atoms with Crippen molar-refractivity contribution in [2.75, 3.05) is 5.32 Å². The van der Waals surface area contributed by atoms with Crippen molar-refractivity contribution in [1.29, 1.82) is 5.26 Å². The molecule has 0 aliphatic rings. The fourth-order valence-electron chi connectivity index (χ4n) is 2.79. The minimum absolute atomic E-state index is 0.168. The highest BCUT2D eigenvalue weighted by atomic mass is 16.1. The molecule has 1 aromatic carbocycles. The number of carbonyl (C=O) groups is 1. The van der Waals surface area contributed by atoms with Crippen LogP contribution >= 0.6 is 0 Å². The molecular formula is C21H19N5O. The third-order valence-electron chi connectivity index (χ3n) is 4.20. The minimum Gasteiger partial charge on any atom is -0.322 e. The summed E-state index contributed by atoms with van der Waals surface area (Å²) in [5.41, 5.74) is 4.26. The standard InChI is InChI=1S/C21H19N5O/c1-14-6-18(13-23-10-14)21(27)26-19-5-3-4-17(8-19)15(2)7-16-11-24-20(9-22)25-12-16/h3-6,8,10-13,15H,7H2,1-2H3,(H,26,27)/t15-/m1/s1. The van der Waals surface area contributed by atoms with Crippen molar-refractivity contribution in [2.24, 2.45) is 0 Å². The largest absolute Gasteiger partial charge is 0.322 e. The Morgan fingerprint density at radius 1 is 1.19 bits per heavy atom. The van der Waals surface area contributed by atoms with Gasteiger partial charge in [0.2, 0.25) is 5.82 Å². The summed E-state index contributed by atoms with van der Waals surface area (Å²) in [5.74, 6) is 0.192. The van der Waals surface area contributed by atoms with Gasteiger partial charge in [0.05, 0.1) is 5.56 Å². The molecule has 2 heterocycles. The molecule has 2 aromatic heterocycles. The summed E-state index contributed by atoms with van der Waals surface area (Å²) in [6, 6.07) is 11.5. The lowest BCUT2D eigenvalue weighted by Gasteiger charge is -2.14. The lowest BCUT2D eigenvalue weighted by Crippen LogP contribution is -2.12. The van der Waals surface area contributed by atoms with Crippen LogP contribution in [-0.2, 0) is 6.42 Å². The van der Waals surface area contributed by atoms with E-state index in [9.17, 15) is 4.79 Å². The second kappa shape index (κ2) is 8.19. The van der Waals surface area contributed by atoms with E-state index in [-0.39, 0.29) is 17.6 Å². The smallest absolute Gasteiger partial charge is 0.257 e. The quantitative estimate of drug-likeness (QED) is 0.752. The van der Waals surface area contributed by atoms with Gasteiger partial charge in [0.15, 0.2) is 0 Å². The van der Waals surface area contributed by atoms with Crippen LogP contribution < -0.4 is 5.32 Å². The fourth-order valence-corrected chi connectivity index (χ4v) is 2.79. The van der Waals surface area contributed by atoms with Crippen LogP contribution in [0.2, 0.25) is 0 Å². The monoisotopic (exact) mass is 357 g/mol. The number of pyridine rings is 1. The van der Waals surface area contributed by atoms with E-state index < -0.39 is 0 Å². The lowest BCUT2D eigenvalue weighted by atomic mass is 9.94. The van der Waals surface area contributed by atoms with E-state index in [4.69, 9.17) is 5.26 Å². The molecule has 0 fully saturated rings. The highest BCUT2D eigenvalue weighted by molar-refractivity contribution is 6.04. The highest BCUT2D eigenvalue weighted by Crippen LogP contribution is 2.23. The summed E-state index contributed by atoms with van der Waals surface area (Å²) in [6.45, 7) is 4.00. The van der Waals surface area contributed by atoms with E-state index >= 15 is 0 Å². The molecule has 0 bridgehead atoms. The topological polar surface area (TPSA) is 91.6 Å². The van der Waals surface area contributed by atoms with E-state index in [2.05, 4.69) is 27.2 Å². The van der Waals surface area contributed by atoms with Gasteiger partial charge in [-0.25, -0.2) is 9.97 Å². The van der Waals surface area contributed by atoms with Crippen LogP contribution in [0.1, 0.15) is 45.7 Å². The Labute approximate surface area is 157 Å². The SMILES string of the molecule is Cc1cncc(C(=O)Nc2cccc([C@H](C)Cc3cnc(C#N)nc3)c2)c1. The molecule has 0 unspecified atom stereocenters. The van der Waals surface area contributed by atoms with Crippen molar-refractivity contribution in [1.82, 2.24) is 15.0 Å². The summed E-state index contributed by atoms with van der Waals surface area (Å²) in [7, 11) is 0. The molecule has 0 saturated carbocycles. The van der Waals surface area contributed by atoms with Gasteiger partial charge in [-0.1, -0.05) is 19.1 Å². The Kier molecular flexibility index (Phi) is 5.53. The van der Waals surface area contributed by atoms with E-state index in [1.165, 1.54) is 0 Å². The van der Waals surface area contributed by atoms with Gasteiger partial charge >= 0.3 is 0 Å². The first-order valence-corrected chi connectivity index (χ1v) is 8.59. The van der Waals surface area contributed by atoms with Crippen LogP contribution in [-0.4, -0.2) is 20.9 Å². The van der Waals surface area contributed by atoms with Crippen molar-refractivity contribution in [3.63, 3.8) is 0 Å². The Hall–Kier alpha value is -3.59. The molecule has 1 N–H and O–H groups in total. The maximum atomic E-state index is 12.4. The number of nitrogens with zero attached hydrogens (tertiary/aromatic N) is 4. The number of nitrogens with one attached hydrogen (secondary N) is 1. The van der Waals surface area contributed by atoms with Gasteiger partial charge in [-0.3, -0.25) is 9.78 Å². The van der Waals surface area contributed by atoms with Crippen molar-refractivity contribution in [2.45, 2.75) is 26.2 Å². The molecular weight excluding hydrogens is 338 g/mol. The average Bonchev–Trinajstić information content (AvgIpc) is 2.68. The first-order chi connectivity index (χ1) is 13.0. The number of carbonyl (C=O) groups excluding carboxylic acids is 1. The van der Waals surface area contributed by atoms with E-state index in [1.807, 2.05) is 37.3 Å². The first-order valence-electron chi connectivity index (χ1n) is 8.59. The van der Waals surface area contributed by atoms with Gasteiger partial charge in [0, 0.05) is 30.5 Å². The number of aromatic nitrogens is 3. The zero-order valence-electron chi connectivity index (χ0n) is 15.2. The Bertz CT molecular complexity index is 992. The number of hydrogen-bond acceptors (Lipinski definition) is 5. The maximum absolute atomic E-state index is 12.4. The third-order valence-corrected chi connectivity index (χ3v) is 4.20. The summed E-state index contributed by atoms with van der Waals surface area (Å²) < 4.78 is 0. The summed E-state index contributed by atoms with van der Waals surface area (Å²) in [4.78, 5) is 24.5. The summed E-state index contributed by atoms with van der Waals surface area (Å²) in [6.07, 6.45) is 7.37. The molecule has 6 heteroatoms. The molecule has 0 spiro atoms. The molecule has 3 aromatic rings. The molecule has 3 rings (SSSR count). The fraction of sp³-hybridized carbons (Fsp3) is 0.190. The molecule has 134 valence electrons. The van der Waals surface area contributed by atoms with Crippen LogP contribution in [0, 0.1) is 18.3 Å². The zero-order valence-corrected chi connectivity index (χ0v) is 15.2. The molecule has 0 radical (unpaired) electrons. The predicted octanol–water partition coefficient (Wildman–Crippen LogP) is 3.65. The molecule has 27 heavy (non-hydrogen) atoms. The third kappa shape index (κ3) is 4.73. The van der Waals surface area contributed by atoms with E-state index in [1.54, 1.807) is 30.9 Å². The van der Waals surface area contributed by atoms with Crippen LogP contribution in [0.4, 0.5) is 5.69 Å². The van der Waals surface area contributed by atoms with Crippen LogP contribution in [0.5, 0.6) is 0 Å². The normalized spacial score (nSPS) is 11.4. The number of hydrogen-bond donors (Lipinski definition) is 1. The predicted molar refractivity (Wildman–Crippen MR) is 102 cm³/mol. The van der Waals surface area contributed by atoms with Crippen molar-refractivity contribution >= 4 is 11.6 Å². The van der Waals surface area contributed by atoms with Crippen LogP contribution in [0.25, 0.3) is 0 Å². The van der Waals surface area contributed by atoms with E-state index in [0.29, 0.717) is 5.56 Å². The Balaban J connectivity index is 1.70. The van der Waals surface area contributed by atoms with Gasteiger partial charge in [-0.2, -0.15) is 5.26 Å². The van der Waals surface area contributed by atoms with Gasteiger partial charge < -0.3 is 5.32 Å². The highest BCUT2D eigenvalue weighted by Gasteiger charge is 2.11. The average molecular weight is 357 g/mol. The van der Waals surface area contributed by atoms with Gasteiger partial charge in [0.25, 0.3) is 5.91 Å². The second-order valence-electron chi connectivity index (χ2n) is 6.46. The van der Waals surface area contributed by atoms with Gasteiger partial charge in [0.1, 0.15) is 6.07 Å². The maximum Gasteiger partial charge on any atom is 0.257 e. The zero-order chi connectivity index (χ0) is 19.2. The molecule has 6 nitrogen and oxygen atoms in total. The minimum atomic E-state index is -0.184. The molecule has 1 amide bonds. The second-order valence-corrected chi connectivity index (χ2v) is 6.46. The van der Waals surface area contributed by atoms with Crippen LogP contribution in [0.3, 0.4) is 0 Å². The lowest BCUT2D eigenvalue weighted by molar-refractivity contribution is 0.102. The molecule has 0 aliphatic carbocycles. The number of anilines is 1. The number of nitriles is 1. The van der Waals surface area contributed by atoms with E-state index in [0.717, 1.165) is 28.8 Å². The van der Waals surface area contributed by atoms with Crippen molar-refractivity contribution in [3.05, 3.63) is 83.2 Å². The molecule has 0 aliphatic heterocycles. The number of rotatable bonds is 5. The van der Waals surface area contributed by atoms with Gasteiger partial charge in [-0.15, -0.1) is 0 Å². The number of amides is 1. The number of benzene rings is 1. The Morgan fingerprint density at radius 2 is 1.96 bits per heavy atom. The van der Waals surface area contributed by atoms with Gasteiger partial charge in [-0.05, 0) is 54.2 Å². The number of aryl methyl sites for hydroxylation is 1. The first kappa shape index (κ1) is 18.2. The van der Waals surface area contributed by atoms with Crippen molar-refractivity contribution < 1.29 is 4.79 Å². The van der Waals surface area contributed by atoms with Crippen LogP contribution in [0.15, 0.2) is 55.1 Å². The van der Waals surface area contributed by atoms with Crippen molar-refractivity contribution in [3.8, 4) is 6.07 Å².